The van der Waals surface area contributed by atoms with Crippen molar-refractivity contribution in [2.24, 2.45) is 0 Å². The minimum Gasteiger partial charge on any atom is -0.383 e. The highest BCUT2D eigenvalue weighted by Crippen LogP contribution is 1.98. The highest BCUT2D eigenvalue weighted by molar-refractivity contribution is 7.87. The lowest BCUT2D eigenvalue weighted by Crippen LogP contribution is -2.47. The molecule has 0 aliphatic carbocycles. The summed E-state index contributed by atoms with van der Waals surface area (Å²) >= 11 is 0. The van der Waals surface area contributed by atoms with Crippen molar-refractivity contribution in [2.45, 2.75) is 19.9 Å². The number of hydrogen-bond acceptors (Lipinski definition) is 5. The summed E-state index contributed by atoms with van der Waals surface area (Å²) in [5, 5.41) is 3.15. The van der Waals surface area contributed by atoms with Crippen LogP contribution in [-0.4, -0.2) is 72.4 Å². The SMILES string of the molecule is CCN[C@H](C)CNS(=O)(=O)N(CCOC)CCOC. The summed E-state index contributed by atoms with van der Waals surface area (Å²) in [4.78, 5) is 0. The van der Waals surface area contributed by atoms with Gasteiger partial charge in [0.05, 0.1) is 13.2 Å². The van der Waals surface area contributed by atoms with Gasteiger partial charge in [-0.05, 0) is 13.5 Å². The maximum Gasteiger partial charge on any atom is 0.279 e. The number of rotatable bonds is 12. The maximum atomic E-state index is 12.1. The Kier molecular flexibility index (Phi) is 10.4. The van der Waals surface area contributed by atoms with Gasteiger partial charge in [-0.15, -0.1) is 0 Å². The van der Waals surface area contributed by atoms with Crippen molar-refractivity contribution in [1.29, 1.82) is 0 Å². The van der Waals surface area contributed by atoms with Gasteiger partial charge in [0.2, 0.25) is 0 Å². The Morgan fingerprint density at radius 1 is 1.16 bits per heavy atom. The van der Waals surface area contributed by atoms with Crippen LogP contribution in [0.5, 0.6) is 0 Å². The summed E-state index contributed by atoms with van der Waals surface area (Å²) in [5.74, 6) is 0. The molecule has 116 valence electrons. The number of likely N-dealkylation sites (N-methyl/N-ethyl adjacent to an activating group) is 1. The quantitative estimate of drug-likeness (QED) is 0.503. The molecule has 7 nitrogen and oxygen atoms in total. The molecule has 0 aromatic carbocycles. The molecule has 0 radical (unpaired) electrons. The highest BCUT2D eigenvalue weighted by atomic mass is 32.2. The largest absolute Gasteiger partial charge is 0.383 e. The molecule has 0 spiro atoms. The molecule has 0 amide bonds. The van der Waals surface area contributed by atoms with Crippen molar-refractivity contribution in [1.82, 2.24) is 14.3 Å². The van der Waals surface area contributed by atoms with Crippen LogP contribution in [0.1, 0.15) is 13.8 Å². The third-order valence-electron chi connectivity index (χ3n) is 2.55. The van der Waals surface area contributed by atoms with Crippen LogP contribution < -0.4 is 10.0 Å². The van der Waals surface area contributed by atoms with Crippen molar-refractivity contribution >= 4 is 10.2 Å². The molecular formula is C11H27N3O4S. The normalized spacial score (nSPS) is 13.9. The van der Waals surface area contributed by atoms with E-state index in [2.05, 4.69) is 10.0 Å². The molecule has 19 heavy (non-hydrogen) atoms. The Morgan fingerprint density at radius 2 is 1.68 bits per heavy atom. The number of nitrogens with one attached hydrogen (secondary N) is 2. The maximum absolute atomic E-state index is 12.1. The average Bonchev–Trinajstić information content (AvgIpc) is 2.37. The van der Waals surface area contributed by atoms with Crippen LogP contribution in [0, 0.1) is 0 Å². The Labute approximate surface area is 116 Å². The number of hydrogen-bond donors (Lipinski definition) is 2. The van der Waals surface area contributed by atoms with Gasteiger partial charge in [0, 0.05) is 39.9 Å². The Morgan fingerprint density at radius 3 is 2.11 bits per heavy atom. The molecule has 0 saturated carbocycles. The zero-order valence-electron chi connectivity index (χ0n) is 12.3. The van der Waals surface area contributed by atoms with E-state index >= 15 is 0 Å². The molecule has 8 heteroatoms. The van der Waals surface area contributed by atoms with E-state index in [1.807, 2.05) is 13.8 Å². The summed E-state index contributed by atoms with van der Waals surface area (Å²) in [6.07, 6.45) is 0. The van der Waals surface area contributed by atoms with Crippen LogP contribution in [0.4, 0.5) is 0 Å². The molecule has 0 aliphatic heterocycles. The van der Waals surface area contributed by atoms with E-state index in [0.29, 0.717) is 32.8 Å². The summed E-state index contributed by atoms with van der Waals surface area (Å²) in [6, 6.07) is 0.0893. The molecule has 0 bridgehead atoms. The minimum absolute atomic E-state index is 0.0893. The topological polar surface area (TPSA) is 79.9 Å². The second-order valence-electron chi connectivity index (χ2n) is 4.20. The third kappa shape index (κ3) is 8.51. The van der Waals surface area contributed by atoms with Gasteiger partial charge >= 0.3 is 0 Å². The van der Waals surface area contributed by atoms with Gasteiger partial charge in [0.15, 0.2) is 0 Å². The average molecular weight is 297 g/mol. The lowest BCUT2D eigenvalue weighted by Gasteiger charge is -2.23. The summed E-state index contributed by atoms with van der Waals surface area (Å²) in [6.45, 7) is 6.40. The molecule has 0 fully saturated rings. The standard InChI is InChI=1S/C11H27N3O4S/c1-5-12-11(2)10-13-19(15,16)14(6-8-17-3)7-9-18-4/h11-13H,5-10H2,1-4H3/t11-/m1/s1. The van der Waals surface area contributed by atoms with Crippen LogP contribution >= 0.6 is 0 Å². The van der Waals surface area contributed by atoms with Gasteiger partial charge in [0.1, 0.15) is 0 Å². The predicted octanol–water partition coefficient (Wildman–Crippen LogP) is -0.586. The van der Waals surface area contributed by atoms with Gasteiger partial charge in [-0.25, -0.2) is 4.72 Å². The van der Waals surface area contributed by atoms with Gasteiger partial charge in [-0.2, -0.15) is 12.7 Å². The molecule has 0 aromatic heterocycles. The zero-order valence-corrected chi connectivity index (χ0v) is 13.1. The Bertz CT molecular complexity index is 303. The first kappa shape index (κ1) is 18.8. The Balaban J connectivity index is 4.40. The van der Waals surface area contributed by atoms with E-state index in [9.17, 15) is 8.42 Å². The minimum atomic E-state index is -3.50. The van der Waals surface area contributed by atoms with Crippen LogP contribution in [0.2, 0.25) is 0 Å². The van der Waals surface area contributed by atoms with Crippen LogP contribution in [-0.2, 0) is 19.7 Å². The van der Waals surface area contributed by atoms with Crippen molar-refractivity contribution in [3.8, 4) is 0 Å². The van der Waals surface area contributed by atoms with E-state index in [-0.39, 0.29) is 6.04 Å². The Hall–Kier alpha value is -0.250. The molecular weight excluding hydrogens is 270 g/mol. The fraction of sp³-hybridized carbons (Fsp3) is 1.00. The molecule has 0 aromatic rings. The van der Waals surface area contributed by atoms with E-state index in [4.69, 9.17) is 9.47 Å². The third-order valence-corrected chi connectivity index (χ3v) is 4.13. The fourth-order valence-corrected chi connectivity index (χ4v) is 2.75. The first-order valence-corrected chi connectivity index (χ1v) is 7.87. The van der Waals surface area contributed by atoms with Crippen LogP contribution in [0.15, 0.2) is 0 Å². The molecule has 2 N–H and O–H groups in total. The first-order valence-electron chi connectivity index (χ1n) is 6.43. The summed E-state index contributed by atoms with van der Waals surface area (Å²) < 4.78 is 38.0. The smallest absolute Gasteiger partial charge is 0.279 e. The van der Waals surface area contributed by atoms with Crippen molar-refractivity contribution in [3.63, 3.8) is 0 Å². The predicted molar refractivity (Wildman–Crippen MR) is 75.4 cm³/mol. The fourth-order valence-electron chi connectivity index (χ4n) is 1.48. The molecule has 0 saturated heterocycles. The number of methoxy groups -OCH3 is 2. The number of nitrogens with zero attached hydrogens (tertiary/aromatic N) is 1. The molecule has 1 atom stereocenters. The summed E-state index contributed by atoms with van der Waals surface area (Å²) in [7, 11) is -0.410. The second-order valence-corrected chi connectivity index (χ2v) is 5.95. The van der Waals surface area contributed by atoms with Crippen molar-refractivity contribution in [2.75, 3.05) is 53.6 Å². The van der Waals surface area contributed by atoms with Gasteiger partial charge in [0.25, 0.3) is 10.2 Å². The highest BCUT2D eigenvalue weighted by Gasteiger charge is 2.21. The molecule has 0 aliphatic rings. The van der Waals surface area contributed by atoms with E-state index < -0.39 is 10.2 Å². The molecule has 0 rings (SSSR count). The lowest BCUT2D eigenvalue weighted by molar-refractivity contribution is 0.149. The molecule has 0 unspecified atom stereocenters. The van der Waals surface area contributed by atoms with Crippen molar-refractivity contribution < 1.29 is 17.9 Å². The summed E-state index contributed by atoms with van der Waals surface area (Å²) in [5.41, 5.74) is 0. The zero-order chi connectivity index (χ0) is 14.7. The van der Waals surface area contributed by atoms with Crippen LogP contribution in [0.3, 0.4) is 0 Å². The lowest BCUT2D eigenvalue weighted by atomic mass is 10.3. The monoisotopic (exact) mass is 297 g/mol. The number of ether oxygens (including phenoxy) is 2. The first-order chi connectivity index (χ1) is 8.97. The van der Waals surface area contributed by atoms with Gasteiger partial charge in [-0.3, -0.25) is 0 Å². The van der Waals surface area contributed by atoms with E-state index in [0.717, 1.165) is 6.54 Å². The van der Waals surface area contributed by atoms with Crippen LogP contribution in [0.25, 0.3) is 0 Å². The van der Waals surface area contributed by atoms with E-state index in [1.165, 1.54) is 4.31 Å². The van der Waals surface area contributed by atoms with Crippen molar-refractivity contribution in [3.05, 3.63) is 0 Å². The van der Waals surface area contributed by atoms with Gasteiger partial charge < -0.3 is 14.8 Å². The second kappa shape index (κ2) is 10.5. The molecule has 0 heterocycles. The van der Waals surface area contributed by atoms with E-state index in [1.54, 1.807) is 14.2 Å². The van der Waals surface area contributed by atoms with Gasteiger partial charge in [-0.1, -0.05) is 6.92 Å².